The molecule has 2 rings (SSSR count). The first kappa shape index (κ1) is 14.5. The maximum absolute atomic E-state index is 12.0. The van der Waals surface area contributed by atoms with Gasteiger partial charge in [0.15, 0.2) is 0 Å². The Bertz CT molecular complexity index is 515. The minimum absolute atomic E-state index is 0.257. The van der Waals surface area contributed by atoms with E-state index in [1.165, 1.54) is 5.57 Å². The molecule has 5 nitrogen and oxygen atoms in total. The SMILES string of the molecule is Cc1ncc(C2=CCN(C(=O)OC(C)(C)C)CC2)cn1. The molecule has 1 aliphatic rings. The second kappa shape index (κ2) is 5.61. The highest BCUT2D eigenvalue weighted by Gasteiger charge is 2.23. The molecular weight excluding hydrogens is 254 g/mol. The Morgan fingerprint density at radius 1 is 1.30 bits per heavy atom. The van der Waals surface area contributed by atoms with Gasteiger partial charge in [-0.25, -0.2) is 14.8 Å². The van der Waals surface area contributed by atoms with Crippen molar-refractivity contribution in [2.24, 2.45) is 0 Å². The standard InChI is InChI=1S/C15H21N3O2/c1-11-16-9-13(10-17-11)12-5-7-18(8-6-12)14(19)20-15(2,3)4/h5,9-10H,6-8H2,1-4H3. The van der Waals surface area contributed by atoms with Crippen molar-refractivity contribution in [2.45, 2.75) is 39.7 Å². The Balaban J connectivity index is 2.00. The minimum Gasteiger partial charge on any atom is -0.444 e. The number of hydrogen-bond acceptors (Lipinski definition) is 4. The quantitative estimate of drug-likeness (QED) is 0.791. The number of nitrogens with zero attached hydrogens (tertiary/aromatic N) is 3. The normalized spacial score (nSPS) is 15.8. The number of ether oxygens (including phenoxy) is 1. The molecule has 2 heterocycles. The molecule has 0 aromatic carbocycles. The Kier molecular flexibility index (Phi) is 4.06. The van der Waals surface area contributed by atoms with Gasteiger partial charge in [0.1, 0.15) is 11.4 Å². The summed E-state index contributed by atoms with van der Waals surface area (Å²) in [5, 5.41) is 0. The van der Waals surface area contributed by atoms with Crippen molar-refractivity contribution in [1.29, 1.82) is 0 Å². The lowest BCUT2D eigenvalue weighted by Gasteiger charge is -2.29. The highest BCUT2D eigenvalue weighted by molar-refractivity contribution is 5.72. The maximum atomic E-state index is 12.0. The van der Waals surface area contributed by atoms with Gasteiger partial charge in [0.25, 0.3) is 0 Å². The van der Waals surface area contributed by atoms with Crippen LogP contribution in [0.5, 0.6) is 0 Å². The van der Waals surface area contributed by atoms with E-state index in [9.17, 15) is 4.79 Å². The summed E-state index contributed by atoms with van der Waals surface area (Å²) in [4.78, 5) is 22.1. The van der Waals surface area contributed by atoms with Crippen molar-refractivity contribution in [2.75, 3.05) is 13.1 Å². The molecule has 0 bridgehead atoms. The topological polar surface area (TPSA) is 55.3 Å². The number of rotatable bonds is 1. The zero-order chi connectivity index (χ0) is 14.8. The second-order valence-electron chi connectivity index (χ2n) is 5.92. The van der Waals surface area contributed by atoms with Gasteiger partial charge < -0.3 is 9.64 Å². The van der Waals surface area contributed by atoms with E-state index in [4.69, 9.17) is 4.74 Å². The molecule has 0 N–H and O–H groups in total. The van der Waals surface area contributed by atoms with Gasteiger partial charge in [-0.05, 0) is 39.7 Å². The van der Waals surface area contributed by atoms with Crippen molar-refractivity contribution in [3.63, 3.8) is 0 Å². The maximum Gasteiger partial charge on any atom is 0.410 e. The second-order valence-corrected chi connectivity index (χ2v) is 5.92. The molecule has 1 aliphatic heterocycles. The first-order valence-corrected chi connectivity index (χ1v) is 6.81. The molecule has 108 valence electrons. The zero-order valence-electron chi connectivity index (χ0n) is 12.5. The molecule has 1 aromatic rings. The van der Waals surface area contributed by atoms with Crippen molar-refractivity contribution in [3.8, 4) is 0 Å². The van der Waals surface area contributed by atoms with Crippen LogP contribution in [0.1, 0.15) is 38.6 Å². The number of amides is 1. The lowest BCUT2D eigenvalue weighted by atomic mass is 10.0. The molecule has 20 heavy (non-hydrogen) atoms. The summed E-state index contributed by atoms with van der Waals surface area (Å²) in [5.74, 6) is 0.764. The Hall–Kier alpha value is -1.91. The van der Waals surface area contributed by atoms with Gasteiger partial charge >= 0.3 is 6.09 Å². The van der Waals surface area contributed by atoms with E-state index in [1.54, 1.807) is 4.90 Å². The Labute approximate surface area is 119 Å². The number of aromatic nitrogens is 2. The van der Waals surface area contributed by atoms with Crippen LogP contribution >= 0.6 is 0 Å². The zero-order valence-corrected chi connectivity index (χ0v) is 12.5. The molecular formula is C15H21N3O2. The number of hydrogen-bond donors (Lipinski definition) is 0. The lowest BCUT2D eigenvalue weighted by Crippen LogP contribution is -2.39. The molecule has 0 radical (unpaired) electrons. The summed E-state index contributed by atoms with van der Waals surface area (Å²) in [7, 11) is 0. The average molecular weight is 275 g/mol. The fourth-order valence-electron chi connectivity index (χ4n) is 1.98. The van der Waals surface area contributed by atoms with E-state index in [-0.39, 0.29) is 6.09 Å². The molecule has 0 unspecified atom stereocenters. The Morgan fingerprint density at radius 2 is 1.95 bits per heavy atom. The van der Waals surface area contributed by atoms with Gasteiger partial charge in [0.05, 0.1) is 0 Å². The van der Waals surface area contributed by atoms with Crippen LogP contribution in [-0.2, 0) is 4.74 Å². The Morgan fingerprint density at radius 3 is 2.45 bits per heavy atom. The number of carbonyl (C=O) groups excluding carboxylic acids is 1. The molecule has 0 saturated heterocycles. The third kappa shape index (κ3) is 3.79. The summed E-state index contributed by atoms with van der Waals surface area (Å²) in [6.45, 7) is 8.72. The van der Waals surface area contributed by atoms with E-state index >= 15 is 0 Å². The van der Waals surface area contributed by atoms with E-state index in [0.717, 1.165) is 17.8 Å². The molecule has 5 heteroatoms. The molecule has 0 spiro atoms. The number of carbonyl (C=O) groups is 1. The van der Waals surface area contributed by atoms with E-state index < -0.39 is 5.60 Å². The predicted octanol–water partition coefficient (Wildman–Crippen LogP) is 2.81. The summed E-state index contributed by atoms with van der Waals surface area (Å²) in [6.07, 6.45) is 6.25. The van der Waals surface area contributed by atoms with E-state index in [2.05, 4.69) is 9.97 Å². The first-order chi connectivity index (χ1) is 9.35. The van der Waals surface area contributed by atoms with Crippen molar-refractivity contribution in [3.05, 3.63) is 29.9 Å². The summed E-state index contributed by atoms with van der Waals surface area (Å²) >= 11 is 0. The van der Waals surface area contributed by atoms with E-state index in [0.29, 0.717) is 13.1 Å². The summed E-state index contributed by atoms with van der Waals surface area (Å²) in [6, 6.07) is 0. The van der Waals surface area contributed by atoms with Gasteiger partial charge in [0.2, 0.25) is 0 Å². The van der Waals surface area contributed by atoms with Crippen LogP contribution in [0.25, 0.3) is 5.57 Å². The molecule has 0 fully saturated rings. The summed E-state index contributed by atoms with van der Waals surface area (Å²) < 4.78 is 5.37. The predicted molar refractivity (Wildman–Crippen MR) is 77.2 cm³/mol. The lowest BCUT2D eigenvalue weighted by molar-refractivity contribution is 0.0270. The van der Waals surface area contributed by atoms with E-state index in [1.807, 2.05) is 46.2 Å². The third-order valence-corrected chi connectivity index (χ3v) is 3.01. The van der Waals surface area contributed by atoms with Crippen LogP contribution < -0.4 is 0 Å². The van der Waals surface area contributed by atoms with Gasteiger partial charge in [-0.3, -0.25) is 0 Å². The van der Waals surface area contributed by atoms with Crippen LogP contribution in [0, 0.1) is 6.92 Å². The molecule has 1 amide bonds. The van der Waals surface area contributed by atoms with Crippen LogP contribution in [0.15, 0.2) is 18.5 Å². The average Bonchev–Trinajstić information content (AvgIpc) is 2.38. The fourth-order valence-corrected chi connectivity index (χ4v) is 1.98. The van der Waals surface area contributed by atoms with Crippen molar-refractivity contribution >= 4 is 11.7 Å². The van der Waals surface area contributed by atoms with Crippen molar-refractivity contribution < 1.29 is 9.53 Å². The molecule has 0 aliphatic carbocycles. The third-order valence-electron chi connectivity index (χ3n) is 3.01. The largest absolute Gasteiger partial charge is 0.444 e. The van der Waals surface area contributed by atoms with Crippen LogP contribution in [0.3, 0.4) is 0 Å². The highest BCUT2D eigenvalue weighted by Crippen LogP contribution is 2.22. The van der Waals surface area contributed by atoms with Crippen molar-refractivity contribution in [1.82, 2.24) is 14.9 Å². The molecule has 0 atom stereocenters. The first-order valence-electron chi connectivity index (χ1n) is 6.81. The smallest absolute Gasteiger partial charge is 0.410 e. The van der Waals surface area contributed by atoms with Crippen LogP contribution in [0.2, 0.25) is 0 Å². The number of aryl methyl sites for hydroxylation is 1. The van der Waals surface area contributed by atoms with Gasteiger partial charge in [-0.2, -0.15) is 0 Å². The van der Waals surface area contributed by atoms with Gasteiger partial charge in [0, 0.05) is 31.0 Å². The molecule has 0 saturated carbocycles. The van der Waals surface area contributed by atoms with Gasteiger partial charge in [-0.15, -0.1) is 0 Å². The highest BCUT2D eigenvalue weighted by atomic mass is 16.6. The molecule has 1 aromatic heterocycles. The monoisotopic (exact) mass is 275 g/mol. The summed E-state index contributed by atoms with van der Waals surface area (Å²) in [5.41, 5.74) is 1.76. The minimum atomic E-state index is -0.453. The fraction of sp³-hybridized carbons (Fsp3) is 0.533. The van der Waals surface area contributed by atoms with Gasteiger partial charge in [-0.1, -0.05) is 6.08 Å². The van der Waals surface area contributed by atoms with Crippen LogP contribution in [0.4, 0.5) is 4.79 Å². The van der Waals surface area contributed by atoms with Crippen LogP contribution in [-0.4, -0.2) is 39.7 Å².